The van der Waals surface area contributed by atoms with Crippen molar-refractivity contribution in [3.8, 4) is 11.4 Å². The zero-order chi connectivity index (χ0) is 12.8. The third-order valence-corrected chi connectivity index (χ3v) is 3.55. The van der Waals surface area contributed by atoms with Gasteiger partial charge >= 0.3 is 0 Å². The molecule has 19 heavy (non-hydrogen) atoms. The molecular weight excluding hydrogens is 238 g/mol. The fourth-order valence-electron chi connectivity index (χ4n) is 2.31. The molecule has 4 rings (SSSR count). The average Bonchev–Trinajstić information content (AvgIpc) is 3.19. The van der Waals surface area contributed by atoms with Crippen molar-refractivity contribution in [2.75, 3.05) is 5.73 Å². The zero-order valence-corrected chi connectivity index (χ0v) is 10.3. The number of H-pyrrole nitrogens is 1. The fourth-order valence-corrected chi connectivity index (χ4v) is 2.31. The van der Waals surface area contributed by atoms with Crippen LogP contribution in [0.4, 0.5) is 5.82 Å². The monoisotopic (exact) mass is 251 g/mol. The number of benzene rings is 1. The number of hydrogen-bond donors (Lipinski definition) is 2. The summed E-state index contributed by atoms with van der Waals surface area (Å²) in [6.45, 7) is 0. The van der Waals surface area contributed by atoms with E-state index in [0.717, 1.165) is 17.3 Å². The van der Waals surface area contributed by atoms with Gasteiger partial charge in [0.25, 0.3) is 0 Å². The molecule has 0 unspecified atom stereocenters. The molecular formula is C14H13N5. The molecule has 2 aromatic heterocycles. The average molecular weight is 251 g/mol. The number of nitrogens with two attached hydrogens (primary N) is 1. The van der Waals surface area contributed by atoms with Gasteiger partial charge in [0, 0.05) is 5.56 Å². The molecule has 5 nitrogen and oxygen atoms in total. The minimum Gasteiger partial charge on any atom is -0.382 e. The summed E-state index contributed by atoms with van der Waals surface area (Å²) < 4.78 is 0. The van der Waals surface area contributed by atoms with Crippen LogP contribution in [-0.2, 0) is 0 Å². The highest BCUT2D eigenvalue weighted by molar-refractivity contribution is 5.84. The van der Waals surface area contributed by atoms with Crippen molar-refractivity contribution in [1.29, 1.82) is 0 Å². The molecule has 2 heterocycles. The molecule has 3 N–H and O–H groups in total. The van der Waals surface area contributed by atoms with Crippen LogP contribution in [0, 0.1) is 0 Å². The molecule has 0 amide bonds. The topological polar surface area (TPSA) is 80.5 Å². The van der Waals surface area contributed by atoms with Gasteiger partial charge in [-0.3, -0.25) is 0 Å². The Hall–Kier alpha value is -2.43. The maximum absolute atomic E-state index is 5.80. The van der Waals surface area contributed by atoms with Crippen molar-refractivity contribution in [3.05, 3.63) is 36.2 Å². The molecule has 3 aromatic rings. The number of hydrogen-bond acceptors (Lipinski definition) is 4. The number of rotatable bonds is 2. The van der Waals surface area contributed by atoms with Gasteiger partial charge in [0.05, 0.1) is 0 Å². The van der Waals surface area contributed by atoms with Crippen molar-refractivity contribution >= 4 is 17.0 Å². The SMILES string of the molecule is Nc1ncnc2nc(-c3ccc(C4CC4)cc3)[nH]c12. The quantitative estimate of drug-likeness (QED) is 0.733. The Morgan fingerprint density at radius 2 is 1.89 bits per heavy atom. The van der Waals surface area contributed by atoms with E-state index in [4.69, 9.17) is 5.73 Å². The largest absolute Gasteiger partial charge is 0.382 e. The fraction of sp³-hybridized carbons (Fsp3) is 0.214. The molecule has 1 fully saturated rings. The minimum atomic E-state index is 0.429. The van der Waals surface area contributed by atoms with Crippen LogP contribution < -0.4 is 5.73 Å². The maximum Gasteiger partial charge on any atom is 0.183 e. The van der Waals surface area contributed by atoms with Crippen molar-refractivity contribution in [1.82, 2.24) is 19.9 Å². The van der Waals surface area contributed by atoms with E-state index in [0.29, 0.717) is 17.0 Å². The molecule has 0 atom stereocenters. The number of nitrogens with zero attached hydrogens (tertiary/aromatic N) is 3. The normalized spacial score (nSPS) is 14.9. The lowest BCUT2D eigenvalue weighted by molar-refractivity contribution is 1.13. The first kappa shape index (κ1) is 10.5. The van der Waals surface area contributed by atoms with Crippen molar-refractivity contribution < 1.29 is 0 Å². The number of imidazole rings is 1. The lowest BCUT2D eigenvalue weighted by atomic mass is 10.1. The van der Waals surface area contributed by atoms with E-state index in [1.54, 1.807) is 0 Å². The van der Waals surface area contributed by atoms with E-state index in [2.05, 4.69) is 44.2 Å². The van der Waals surface area contributed by atoms with E-state index in [1.807, 2.05) is 0 Å². The summed E-state index contributed by atoms with van der Waals surface area (Å²) in [5.41, 5.74) is 9.56. The Morgan fingerprint density at radius 3 is 2.58 bits per heavy atom. The number of nitrogens with one attached hydrogen (secondary N) is 1. The summed E-state index contributed by atoms with van der Waals surface area (Å²) in [5, 5.41) is 0. The first-order chi connectivity index (χ1) is 9.31. The predicted molar refractivity (Wildman–Crippen MR) is 73.5 cm³/mol. The summed E-state index contributed by atoms with van der Waals surface area (Å²) in [4.78, 5) is 15.7. The lowest BCUT2D eigenvalue weighted by Gasteiger charge is -1.99. The van der Waals surface area contributed by atoms with Gasteiger partial charge in [0.15, 0.2) is 11.5 Å². The molecule has 0 bridgehead atoms. The van der Waals surface area contributed by atoms with Crippen LogP contribution in [0.15, 0.2) is 30.6 Å². The van der Waals surface area contributed by atoms with Crippen LogP contribution in [0.1, 0.15) is 24.3 Å². The van der Waals surface area contributed by atoms with Gasteiger partial charge in [-0.05, 0) is 24.3 Å². The molecule has 1 aromatic carbocycles. The van der Waals surface area contributed by atoms with Gasteiger partial charge in [0.1, 0.15) is 17.7 Å². The highest BCUT2D eigenvalue weighted by Gasteiger charge is 2.23. The lowest BCUT2D eigenvalue weighted by Crippen LogP contribution is -1.91. The number of anilines is 1. The maximum atomic E-state index is 5.80. The summed E-state index contributed by atoms with van der Waals surface area (Å²) >= 11 is 0. The molecule has 0 saturated heterocycles. The van der Waals surface area contributed by atoms with Crippen molar-refractivity contribution in [2.45, 2.75) is 18.8 Å². The summed E-state index contributed by atoms with van der Waals surface area (Å²) in [6, 6.07) is 8.54. The van der Waals surface area contributed by atoms with Gasteiger partial charge in [-0.15, -0.1) is 0 Å². The molecule has 1 aliphatic rings. The van der Waals surface area contributed by atoms with Crippen LogP contribution in [-0.4, -0.2) is 19.9 Å². The molecule has 1 saturated carbocycles. The third-order valence-electron chi connectivity index (χ3n) is 3.55. The van der Waals surface area contributed by atoms with E-state index in [-0.39, 0.29) is 0 Å². The van der Waals surface area contributed by atoms with E-state index >= 15 is 0 Å². The number of nitrogen functional groups attached to an aromatic ring is 1. The number of fused-ring (bicyclic) bond motifs is 1. The third kappa shape index (κ3) is 1.74. The summed E-state index contributed by atoms with van der Waals surface area (Å²) in [5.74, 6) is 1.98. The smallest absolute Gasteiger partial charge is 0.183 e. The van der Waals surface area contributed by atoms with Crippen molar-refractivity contribution in [3.63, 3.8) is 0 Å². The second kappa shape index (κ2) is 3.78. The molecule has 5 heteroatoms. The molecule has 94 valence electrons. The van der Waals surface area contributed by atoms with E-state index in [9.17, 15) is 0 Å². The molecule has 0 spiro atoms. The Morgan fingerprint density at radius 1 is 1.11 bits per heavy atom. The highest BCUT2D eigenvalue weighted by Crippen LogP contribution is 2.40. The first-order valence-electron chi connectivity index (χ1n) is 6.38. The minimum absolute atomic E-state index is 0.429. The van der Waals surface area contributed by atoms with Crippen LogP contribution >= 0.6 is 0 Å². The Balaban J connectivity index is 1.78. The second-order valence-corrected chi connectivity index (χ2v) is 4.94. The molecule has 1 aliphatic carbocycles. The summed E-state index contributed by atoms with van der Waals surface area (Å²) in [7, 11) is 0. The van der Waals surface area contributed by atoms with E-state index in [1.165, 1.54) is 24.7 Å². The Kier molecular flexibility index (Phi) is 2.09. The second-order valence-electron chi connectivity index (χ2n) is 4.94. The van der Waals surface area contributed by atoms with Crippen LogP contribution in [0.5, 0.6) is 0 Å². The van der Waals surface area contributed by atoms with Crippen molar-refractivity contribution in [2.24, 2.45) is 0 Å². The molecule has 0 radical (unpaired) electrons. The van der Waals surface area contributed by atoms with E-state index < -0.39 is 0 Å². The Labute approximate surface area is 109 Å². The standard InChI is InChI=1S/C14H13N5/c15-12-11-14(17-7-16-12)19-13(18-11)10-5-3-9(4-6-10)8-1-2-8/h3-8H,1-2H2,(H3,15,16,17,18,19). The number of aromatic amines is 1. The van der Waals surface area contributed by atoms with Gasteiger partial charge in [-0.25, -0.2) is 15.0 Å². The highest BCUT2D eigenvalue weighted by atomic mass is 15.0. The van der Waals surface area contributed by atoms with Gasteiger partial charge in [-0.1, -0.05) is 24.3 Å². The zero-order valence-electron chi connectivity index (χ0n) is 10.3. The number of aromatic nitrogens is 4. The van der Waals surface area contributed by atoms with Crippen LogP contribution in [0.25, 0.3) is 22.6 Å². The van der Waals surface area contributed by atoms with Crippen LogP contribution in [0.2, 0.25) is 0 Å². The molecule has 0 aliphatic heterocycles. The predicted octanol–water partition coefficient (Wildman–Crippen LogP) is 2.48. The van der Waals surface area contributed by atoms with Gasteiger partial charge in [-0.2, -0.15) is 0 Å². The summed E-state index contributed by atoms with van der Waals surface area (Å²) in [6.07, 6.45) is 4.06. The Bertz CT molecular complexity index is 740. The van der Waals surface area contributed by atoms with Crippen LogP contribution in [0.3, 0.4) is 0 Å². The first-order valence-corrected chi connectivity index (χ1v) is 6.38. The van der Waals surface area contributed by atoms with Gasteiger partial charge < -0.3 is 10.7 Å². The van der Waals surface area contributed by atoms with Gasteiger partial charge in [0.2, 0.25) is 0 Å².